The Hall–Kier alpha value is -0.570. The van der Waals surface area contributed by atoms with Crippen molar-refractivity contribution in [3.05, 3.63) is 0 Å². The van der Waals surface area contributed by atoms with Gasteiger partial charge in [0.1, 0.15) is 0 Å². The summed E-state index contributed by atoms with van der Waals surface area (Å²) >= 11 is 0. The molecule has 0 radical (unpaired) electrons. The molecule has 0 aromatic heterocycles. The van der Waals surface area contributed by atoms with Crippen LogP contribution in [0.2, 0.25) is 0 Å². The van der Waals surface area contributed by atoms with Crippen LogP contribution in [0.5, 0.6) is 0 Å². The summed E-state index contributed by atoms with van der Waals surface area (Å²) in [7, 11) is 0. The summed E-state index contributed by atoms with van der Waals surface area (Å²) in [5.41, 5.74) is 6.18. The lowest BCUT2D eigenvalue weighted by atomic mass is 9.82. The lowest BCUT2D eigenvalue weighted by Crippen LogP contribution is -2.44. The average molecular weight is 236 g/mol. The van der Waals surface area contributed by atoms with E-state index in [0.29, 0.717) is 11.9 Å². The molecule has 3 saturated carbocycles. The van der Waals surface area contributed by atoms with Gasteiger partial charge in [-0.15, -0.1) is 0 Å². The second-order valence-corrected chi connectivity index (χ2v) is 6.63. The van der Waals surface area contributed by atoms with Crippen LogP contribution in [-0.4, -0.2) is 17.5 Å². The quantitative estimate of drug-likeness (QED) is 0.771. The second kappa shape index (κ2) is 3.98. The topological polar surface area (TPSA) is 55.1 Å². The standard InChI is InChI=1S/C14H24N2O/c15-14-8-6-13(10-14,7-9-14)12(17)16-11-4-2-1-3-5-11/h11H,1-10,15H2,(H,16,17). The van der Waals surface area contributed by atoms with Crippen molar-refractivity contribution in [2.75, 3.05) is 0 Å². The summed E-state index contributed by atoms with van der Waals surface area (Å²) in [5.74, 6) is 0.314. The van der Waals surface area contributed by atoms with Gasteiger partial charge in [-0.1, -0.05) is 19.3 Å². The van der Waals surface area contributed by atoms with Crippen LogP contribution in [-0.2, 0) is 4.79 Å². The van der Waals surface area contributed by atoms with Gasteiger partial charge in [0.15, 0.2) is 0 Å². The van der Waals surface area contributed by atoms with Gasteiger partial charge in [0.25, 0.3) is 0 Å². The predicted molar refractivity (Wildman–Crippen MR) is 67.5 cm³/mol. The molecule has 0 atom stereocenters. The first-order valence-corrected chi connectivity index (χ1v) is 7.22. The summed E-state index contributed by atoms with van der Waals surface area (Å²) in [4.78, 5) is 12.5. The van der Waals surface area contributed by atoms with E-state index in [9.17, 15) is 4.79 Å². The fourth-order valence-electron chi connectivity index (χ4n) is 4.15. The third kappa shape index (κ3) is 1.99. The number of hydrogen-bond acceptors (Lipinski definition) is 2. The fraction of sp³-hybridized carbons (Fsp3) is 0.929. The smallest absolute Gasteiger partial charge is 0.226 e. The maximum absolute atomic E-state index is 12.5. The zero-order chi connectivity index (χ0) is 11.9. The largest absolute Gasteiger partial charge is 0.353 e. The molecule has 3 aliphatic carbocycles. The van der Waals surface area contributed by atoms with Crippen LogP contribution in [0.1, 0.15) is 64.2 Å². The molecule has 17 heavy (non-hydrogen) atoms. The summed E-state index contributed by atoms with van der Waals surface area (Å²) in [6.45, 7) is 0. The van der Waals surface area contributed by atoms with Gasteiger partial charge in [-0.05, 0) is 44.9 Å². The van der Waals surface area contributed by atoms with Crippen LogP contribution in [0.4, 0.5) is 0 Å². The van der Waals surface area contributed by atoms with Crippen molar-refractivity contribution in [1.82, 2.24) is 5.32 Å². The first kappa shape index (κ1) is 11.5. The number of hydrogen-bond donors (Lipinski definition) is 2. The lowest BCUT2D eigenvalue weighted by Gasteiger charge is -2.30. The average Bonchev–Trinajstić information content (AvgIpc) is 2.85. The molecular formula is C14H24N2O. The molecule has 0 saturated heterocycles. The molecular weight excluding hydrogens is 212 g/mol. The summed E-state index contributed by atoms with van der Waals surface area (Å²) in [6.07, 6.45) is 11.3. The molecule has 3 N–H and O–H groups in total. The number of rotatable bonds is 2. The monoisotopic (exact) mass is 236 g/mol. The third-order valence-corrected chi connectivity index (χ3v) is 5.32. The van der Waals surface area contributed by atoms with Crippen molar-refractivity contribution < 1.29 is 4.79 Å². The van der Waals surface area contributed by atoms with E-state index >= 15 is 0 Å². The Labute approximate surface area is 104 Å². The minimum absolute atomic E-state index is 0.0100. The minimum atomic E-state index is -0.0911. The van der Waals surface area contributed by atoms with Crippen LogP contribution in [0.3, 0.4) is 0 Å². The van der Waals surface area contributed by atoms with Crippen molar-refractivity contribution in [2.24, 2.45) is 11.1 Å². The first-order chi connectivity index (χ1) is 8.12. The third-order valence-electron chi connectivity index (χ3n) is 5.32. The molecule has 0 heterocycles. The highest BCUT2D eigenvalue weighted by Crippen LogP contribution is 2.55. The summed E-state index contributed by atoms with van der Waals surface area (Å²) in [5, 5.41) is 3.30. The van der Waals surface area contributed by atoms with E-state index in [1.807, 2.05) is 0 Å². The zero-order valence-corrected chi connectivity index (χ0v) is 10.6. The molecule has 0 aromatic carbocycles. The van der Waals surface area contributed by atoms with Crippen LogP contribution < -0.4 is 11.1 Å². The highest BCUT2D eigenvalue weighted by atomic mass is 16.2. The molecule has 96 valence electrons. The van der Waals surface area contributed by atoms with Crippen LogP contribution >= 0.6 is 0 Å². The normalized spacial score (nSPS) is 41.7. The van der Waals surface area contributed by atoms with E-state index in [1.54, 1.807) is 0 Å². The Morgan fingerprint density at radius 3 is 2.24 bits per heavy atom. The van der Waals surface area contributed by atoms with Crippen LogP contribution in [0, 0.1) is 5.41 Å². The van der Waals surface area contributed by atoms with E-state index in [1.165, 1.54) is 32.1 Å². The highest BCUT2D eigenvalue weighted by molar-refractivity contribution is 5.84. The molecule has 2 bridgehead atoms. The van der Waals surface area contributed by atoms with Gasteiger partial charge in [0, 0.05) is 11.6 Å². The molecule has 0 unspecified atom stereocenters. The molecule has 0 aromatic rings. The number of nitrogens with two attached hydrogens (primary N) is 1. The Kier molecular flexibility index (Phi) is 2.69. The molecule has 0 spiro atoms. The van der Waals surface area contributed by atoms with E-state index in [4.69, 9.17) is 5.73 Å². The Morgan fingerprint density at radius 2 is 1.71 bits per heavy atom. The van der Waals surface area contributed by atoms with E-state index in [-0.39, 0.29) is 11.0 Å². The fourth-order valence-corrected chi connectivity index (χ4v) is 4.15. The molecule has 3 rings (SSSR count). The van der Waals surface area contributed by atoms with Crippen molar-refractivity contribution in [1.29, 1.82) is 0 Å². The van der Waals surface area contributed by atoms with Crippen LogP contribution in [0.15, 0.2) is 0 Å². The summed E-state index contributed by atoms with van der Waals surface area (Å²) in [6, 6.07) is 0.444. The van der Waals surface area contributed by atoms with Gasteiger partial charge in [-0.25, -0.2) is 0 Å². The molecule has 3 nitrogen and oxygen atoms in total. The molecule has 1 amide bonds. The van der Waals surface area contributed by atoms with Gasteiger partial charge >= 0.3 is 0 Å². The number of amides is 1. The van der Waals surface area contributed by atoms with E-state index < -0.39 is 0 Å². The minimum Gasteiger partial charge on any atom is -0.353 e. The van der Waals surface area contributed by atoms with Crippen molar-refractivity contribution in [3.8, 4) is 0 Å². The number of nitrogens with one attached hydrogen (secondary N) is 1. The van der Waals surface area contributed by atoms with Gasteiger partial charge in [0.05, 0.1) is 5.41 Å². The maximum atomic E-state index is 12.5. The molecule has 0 aliphatic heterocycles. The van der Waals surface area contributed by atoms with Crippen molar-refractivity contribution >= 4 is 5.91 Å². The van der Waals surface area contributed by atoms with Crippen molar-refractivity contribution in [3.63, 3.8) is 0 Å². The van der Waals surface area contributed by atoms with Gasteiger partial charge in [-0.3, -0.25) is 4.79 Å². The highest BCUT2D eigenvalue weighted by Gasteiger charge is 2.56. The first-order valence-electron chi connectivity index (χ1n) is 7.22. The Balaban J connectivity index is 1.62. The van der Waals surface area contributed by atoms with Gasteiger partial charge in [-0.2, -0.15) is 0 Å². The maximum Gasteiger partial charge on any atom is 0.226 e. The van der Waals surface area contributed by atoms with Crippen LogP contribution in [0.25, 0.3) is 0 Å². The molecule has 3 heteroatoms. The second-order valence-electron chi connectivity index (χ2n) is 6.63. The number of carbonyl (C=O) groups excluding carboxylic acids is 1. The van der Waals surface area contributed by atoms with E-state index in [0.717, 1.165) is 32.1 Å². The Morgan fingerprint density at radius 1 is 1.06 bits per heavy atom. The molecule has 3 aliphatic rings. The van der Waals surface area contributed by atoms with Gasteiger partial charge in [0.2, 0.25) is 5.91 Å². The lowest BCUT2D eigenvalue weighted by molar-refractivity contribution is -0.131. The summed E-state index contributed by atoms with van der Waals surface area (Å²) < 4.78 is 0. The Bertz CT molecular complexity index is 312. The number of fused-ring (bicyclic) bond motifs is 2. The number of carbonyl (C=O) groups is 1. The zero-order valence-electron chi connectivity index (χ0n) is 10.6. The van der Waals surface area contributed by atoms with E-state index in [2.05, 4.69) is 5.32 Å². The SMILES string of the molecule is NC12CCC(C(=O)NC3CCCCC3)(CC1)C2. The van der Waals surface area contributed by atoms with Crippen molar-refractivity contribution in [2.45, 2.75) is 75.8 Å². The molecule has 3 fully saturated rings. The van der Waals surface area contributed by atoms with Gasteiger partial charge < -0.3 is 11.1 Å². The predicted octanol–water partition coefficient (Wildman–Crippen LogP) is 2.10.